The first kappa shape index (κ1) is 22.7. The van der Waals surface area contributed by atoms with Crippen molar-refractivity contribution in [1.82, 2.24) is 19.7 Å². The Hall–Kier alpha value is -3.49. The normalized spacial score (nSPS) is 17.2. The van der Waals surface area contributed by atoms with E-state index < -0.39 is 0 Å². The van der Waals surface area contributed by atoms with Gasteiger partial charge in [-0.1, -0.05) is 26.5 Å². The summed E-state index contributed by atoms with van der Waals surface area (Å²) in [5.74, 6) is 1.71. The number of rotatable bonds is 8. The Morgan fingerprint density at radius 1 is 1.18 bits per heavy atom. The fraction of sp³-hybridized carbons (Fsp3) is 0.417. The Balaban J connectivity index is 0.00000259. The number of nitrogens with one attached hydrogen (secondary N) is 2. The summed E-state index contributed by atoms with van der Waals surface area (Å²) in [5, 5.41) is 10.6. The molecule has 2 aliphatic rings. The molecule has 9 heteroatoms. The number of hydrogen-bond acceptors (Lipinski definition) is 6. The first-order valence-electron chi connectivity index (χ1n) is 11.0. The summed E-state index contributed by atoms with van der Waals surface area (Å²) in [6.45, 7) is 3.98. The summed E-state index contributed by atoms with van der Waals surface area (Å²) < 4.78 is 14.9. The average Bonchev–Trinajstić information content (AvgIpc) is 3.50. The molecule has 8 nitrogen and oxygen atoms in total. The van der Waals surface area contributed by atoms with Gasteiger partial charge in [0, 0.05) is 24.8 Å². The molecular formula is C24H30FN7O. The molecule has 2 N–H and O–H groups in total. The monoisotopic (exact) mass is 451 g/mol. The van der Waals surface area contributed by atoms with E-state index in [1.807, 2.05) is 17.8 Å². The van der Waals surface area contributed by atoms with Gasteiger partial charge in [0.05, 0.1) is 18.9 Å². The maximum Gasteiger partial charge on any atom is 0.247 e. The van der Waals surface area contributed by atoms with Gasteiger partial charge in [-0.15, -0.1) is 0 Å². The molecule has 1 amide bonds. The molecule has 0 unspecified atom stereocenters. The summed E-state index contributed by atoms with van der Waals surface area (Å²) in [7, 11) is 0. The Bertz CT molecular complexity index is 1110. The second kappa shape index (κ2) is 9.56. The lowest BCUT2D eigenvalue weighted by molar-refractivity contribution is -0.117. The second-order valence-corrected chi connectivity index (χ2v) is 8.47. The third kappa shape index (κ3) is 5.13. The highest BCUT2D eigenvalue weighted by atomic mass is 19.1. The lowest BCUT2D eigenvalue weighted by Gasteiger charge is -2.36. The number of carbonyl (C=O) groups is 1. The number of carbonyl (C=O) groups excluding carboxylic acids is 1. The number of hydrogen-bond donors (Lipinski definition) is 2. The number of amides is 1. The van der Waals surface area contributed by atoms with E-state index in [0.717, 1.165) is 29.9 Å². The summed E-state index contributed by atoms with van der Waals surface area (Å²) in [6, 6.07) is 6.21. The molecule has 2 aromatic heterocycles. The van der Waals surface area contributed by atoms with E-state index in [1.54, 1.807) is 24.5 Å². The fourth-order valence-electron chi connectivity index (χ4n) is 4.01. The van der Waals surface area contributed by atoms with Gasteiger partial charge in [-0.25, -0.2) is 9.37 Å². The predicted octanol–water partition coefficient (Wildman–Crippen LogP) is 4.06. The Kier molecular flexibility index (Phi) is 6.57. The maximum absolute atomic E-state index is 13.1. The van der Waals surface area contributed by atoms with Crippen LogP contribution in [0.2, 0.25) is 0 Å². The van der Waals surface area contributed by atoms with Crippen molar-refractivity contribution in [3.8, 4) is 0 Å². The van der Waals surface area contributed by atoms with E-state index in [-0.39, 0.29) is 25.2 Å². The summed E-state index contributed by atoms with van der Waals surface area (Å²) in [4.78, 5) is 23.7. The SMILES string of the molecule is C.CC[C@H]1C(=O)Nc2cnc(NCc3cnn(Cc4ccc(F)cc4)c3)nc2N1CC1CC1. The van der Waals surface area contributed by atoms with Crippen LogP contribution in [0.5, 0.6) is 0 Å². The van der Waals surface area contributed by atoms with Gasteiger partial charge >= 0.3 is 0 Å². The van der Waals surface area contributed by atoms with Crippen LogP contribution in [0, 0.1) is 11.7 Å². The number of nitrogens with zero attached hydrogens (tertiary/aromatic N) is 5. The zero-order chi connectivity index (χ0) is 22.1. The molecule has 174 valence electrons. The molecule has 1 atom stereocenters. The molecular weight excluding hydrogens is 421 g/mol. The summed E-state index contributed by atoms with van der Waals surface area (Å²) >= 11 is 0. The quantitative estimate of drug-likeness (QED) is 0.537. The van der Waals surface area contributed by atoms with E-state index in [2.05, 4.69) is 25.6 Å². The van der Waals surface area contributed by atoms with Crippen LogP contribution < -0.4 is 15.5 Å². The van der Waals surface area contributed by atoms with Crippen LogP contribution in [0.15, 0.2) is 42.9 Å². The maximum atomic E-state index is 13.1. The van der Waals surface area contributed by atoms with Gasteiger partial charge in [0.1, 0.15) is 17.5 Å². The van der Waals surface area contributed by atoms with E-state index in [4.69, 9.17) is 4.98 Å². The minimum Gasteiger partial charge on any atom is -0.350 e. The van der Waals surface area contributed by atoms with Crippen molar-refractivity contribution in [2.45, 2.75) is 52.7 Å². The number of anilines is 3. The van der Waals surface area contributed by atoms with Crippen LogP contribution in [-0.4, -0.2) is 38.2 Å². The highest BCUT2D eigenvalue weighted by molar-refractivity contribution is 6.02. The van der Waals surface area contributed by atoms with Crippen molar-refractivity contribution in [2.24, 2.45) is 5.92 Å². The smallest absolute Gasteiger partial charge is 0.247 e. The van der Waals surface area contributed by atoms with Gasteiger partial charge < -0.3 is 15.5 Å². The van der Waals surface area contributed by atoms with Gasteiger partial charge in [-0.05, 0) is 42.9 Å². The predicted molar refractivity (Wildman–Crippen MR) is 127 cm³/mol. The topological polar surface area (TPSA) is 88.0 Å². The molecule has 0 saturated heterocycles. The largest absolute Gasteiger partial charge is 0.350 e. The van der Waals surface area contributed by atoms with Crippen LogP contribution in [0.4, 0.5) is 21.8 Å². The number of aromatic nitrogens is 4. The van der Waals surface area contributed by atoms with Crippen molar-refractivity contribution in [1.29, 1.82) is 0 Å². The highest BCUT2D eigenvalue weighted by Gasteiger charge is 2.36. The summed E-state index contributed by atoms with van der Waals surface area (Å²) in [5.41, 5.74) is 2.64. The molecule has 33 heavy (non-hydrogen) atoms. The first-order valence-corrected chi connectivity index (χ1v) is 11.0. The summed E-state index contributed by atoms with van der Waals surface area (Å²) in [6.07, 6.45) is 8.57. The van der Waals surface area contributed by atoms with E-state index in [0.29, 0.717) is 30.6 Å². The molecule has 5 rings (SSSR count). The van der Waals surface area contributed by atoms with E-state index >= 15 is 0 Å². The van der Waals surface area contributed by atoms with Crippen molar-refractivity contribution < 1.29 is 9.18 Å². The Morgan fingerprint density at radius 2 is 1.97 bits per heavy atom. The molecule has 3 heterocycles. The molecule has 1 saturated carbocycles. The molecule has 0 radical (unpaired) electrons. The van der Waals surface area contributed by atoms with Gasteiger partial charge in [-0.3, -0.25) is 9.48 Å². The van der Waals surface area contributed by atoms with Crippen LogP contribution in [0.25, 0.3) is 0 Å². The number of benzene rings is 1. The van der Waals surface area contributed by atoms with Crippen molar-refractivity contribution in [3.05, 3.63) is 59.8 Å². The Morgan fingerprint density at radius 3 is 2.70 bits per heavy atom. The van der Waals surface area contributed by atoms with Crippen LogP contribution >= 0.6 is 0 Å². The second-order valence-electron chi connectivity index (χ2n) is 8.47. The third-order valence-corrected chi connectivity index (χ3v) is 5.91. The molecule has 0 spiro atoms. The van der Waals surface area contributed by atoms with Crippen LogP contribution in [0.3, 0.4) is 0 Å². The van der Waals surface area contributed by atoms with Crippen LogP contribution in [0.1, 0.15) is 44.7 Å². The minimum absolute atomic E-state index is 0. The zero-order valence-electron chi connectivity index (χ0n) is 18.0. The minimum atomic E-state index is -0.246. The highest BCUT2D eigenvalue weighted by Crippen LogP contribution is 2.37. The fourth-order valence-corrected chi connectivity index (χ4v) is 4.01. The number of halogens is 1. The van der Waals surface area contributed by atoms with Gasteiger partial charge in [0.2, 0.25) is 11.9 Å². The molecule has 1 aliphatic heterocycles. The molecule has 0 bridgehead atoms. The molecule has 3 aromatic rings. The lowest BCUT2D eigenvalue weighted by atomic mass is 10.1. The molecule has 1 aliphatic carbocycles. The van der Waals surface area contributed by atoms with E-state index in [1.165, 1.54) is 25.0 Å². The first-order chi connectivity index (χ1) is 15.6. The number of fused-ring (bicyclic) bond motifs is 1. The van der Waals surface area contributed by atoms with Crippen LogP contribution in [-0.2, 0) is 17.9 Å². The average molecular weight is 452 g/mol. The molecule has 1 aromatic carbocycles. The standard InChI is InChI=1S/C23H26FN7O.CH4/c1-2-20-22(32)28-19-11-26-23(29-21(19)31(20)14-16-3-4-16)25-9-17-10-27-30(13-17)12-15-5-7-18(24)8-6-15;/h5-8,10-11,13,16,20H,2-4,9,12,14H2,1H3,(H,28,32)(H,25,26,29);1H4/t20-;/m0./s1. The van der Waals surface area contributed by atoms with Gasteiger partial charge in [0.15, 0.2) is 5.82 Å². The van der Waals surface area contributed by atoms with Crippen molar-refractivity contribution in [3.63, 3.8) is 0 Å². The zero-order valence-corrected chi connectivity index (χ0v) is 18.0. The Labute approximate surface area is 193 Å². The lowest BCUT2D eigenvalue weighted by Crippen LogP contribution is -2.49. The van der Waals surface area contributed by atoms with Gasteiger partial charge in [0.25, 0.3) is 0 Å². The van der Waals surface area contributed by atoms with E-state index in [9.17, 15) is 9.18 Å². The molecule has 1 fully saturated rings. The third-order valence-electron chi connectivity index (χ3n) is 5.91. The van der Waals surface area contributed by atoms with Crippen molar-refractivity contribution in [2.75, 3.05) is 22.1 Å². The van der Waals surface area contributed by atoms with Crippen molar-refractivity contribution >= 4 is 23.4 Å². The van der Waals surface area contributed by atoms with Gasteiger partial charge in [-0.2, -0.15) is 10.1 Å².